The highest BCUT2D eigenvalue weighted by atomic mass is 19.1. The number of hydrogen-bond donors (Lipinski definition) is 3. The Morgan fingerprint density at radius 3 is 2.87 bits per heavy atom. The van der Waals surface area contributed by atoms with Crippen molar-refractivity contribution in [3.63, 3.8) is 0 Å². The van der Waals surface area contributed by atoms with Crippen molar-refractivity contribution in [3.8, 4) is 0 Å². The van der Waals surface area contributed by atoms with Crippen molar-refractivity contribution >= 4 is 22.8 Å². The molecular weight excluding hydrogens is 307 g/mol. The van der Waals surface area contributed by atoms with Gasteiger partial charge in [0.1, 0.15) is 29.5 Å². The van der Waals surface area contributed by atoms with Crippen molar-refractivity contribution in [1.82, 2.24) is 14.5 Å². The summed E-state index contributed by atoms with van der Waals surface area (Å²) in [5.41, 5.74) is 0.375. The zero-order valence-electron chi connectivity index (χ0n) is 12.6. The molecule has 2 aromatic heterocycles. The van der Waals surface area contributed by atoms with Crippen LogP contribution in [0.1, 0.15) is 19.0 Å². The number of alkyl halides is 1. The average molecular weight is 324 g/mol. The predicted molar refractivity (Wildman–Crippen MR) is 78.5 cm³/mol. The van der Waals surface area contributed by atoms with Gasteiger partial charge in [-0.25, -0.2) is 14.4 Å². The molecule has 0 saturated carbocycles. The van der Waals surface area contributed by atoms with Crippen molar-refractivity contribution in [2.24, 2.45) is 0 Å². The van der Waals surface area contributed by atoms with Crippen LogP contribution in [0.4, 0.5) is 10.2 Å². The molecule has 2 aromatic rings. The molecule has 1 fully saturated rings. The number of aliphatic hydroxyl groups excluding tert-OH is 2. The first-order chi connectivity index (χ1) is 10.9. The van der Waals surface area contributed by atoms with Crippen molar-refractivity contribution in [3.05, 3.63) is 18.1 Å². The van der Waals surface area contributed by atoms with Crippen LogP contribution in [0.5, 0.6) is 0 Å². The average Bonchev–Trinajstić information content (AvgIpc) is 3.01. The largest absolute Gasteiger partial charge is 0.394 e. The molecule has 1 amide bonds. The Hall–Kier alpha value is -2.10. The molecule has 0 radical (unpaired) electrons. The van der Waals surface area contributed by atoms with Crippen molar-refractivity contribution in [2.75, 3.05) is 11.9 Å². The summed E-state index contributed by atoms with van der Waals surface area (Å²) in [7, 11) is 0. The fourth-order valence-electron chi connectivity index (χ4n) is 2.69. The van der Waals surface area contributed by atoms with Gasteiger partial charge in [-0.05, 0) is 13.0 Å². The van der Waals surface area contributed by atoms with Crippen LogP contribution in [0.2, 0.25) is 0 Å². The smallest absolute Gasteiger partial charge is 0.222 e. The molecule has 1 aliphatic rings. The third-order valence-corrected chi connectivity index (χ3v) is 3.73. The van der Waals surface area contributed by atoms with E-state index in [-0.39, 0.29) is 5.91 Å². The Morgan fingerprint density at radius 1 is 1.52 bits per heavy atom. The van der Waals surface area contributed by atoms with Crippen molar-refractivity contribution < 1.29 is 24.1 Å². The molecule has 1 saturated heterocycles. The molecule has 8 nitrogen and oxygen atoms in total. The van der Waals surface area contributed by atoms with Crippen LogP contribution in [0.15, 0.2) is 12.3 Å². The number of rotatable bonds is 3. The highest BCUT2D eigenvalue weighted by Gasteiger charge is 2.45. The van der Waals surface area contributed by atoms with Gasteiger partial charge >= 0.3 is 0 Å². The summed E-state index contributed by atoms with van der Waals surface area (Å²) in [5, 5.41) is 22.0. The lowest BCUT2D eigenvalue weighted by molar-refractivity contribution is -0.114. The number of fused-ring (bicyclic) bond motifs is 1. The molecule has 4 unspecified atom stereocenters. The Kier molecular flexibility index (Phi) is 4.00. The number of ether oxygens (including phenoxy) is 1. The molecule has 0 spiro atoms. The highest BCUT2D eigenvalue weighted by molar-refractivity contribution is 5.97. The lowest BCUT2D eigenvalue weighted by atomic mass is 10.1. The number of nitrogens with one attached hydrogen (secondary N) is 1. The highest BCUT2D eigenvalue weighted by Crippen LogP contribution is 2.35. The summed E-state index contributed by atoms with van der Waals surface area (Å²) < 4.78 is 21.1. The number of halogens is 1. The third kappa shape index (κ3) is 2.67. The van der Waals surface area contributed by atoms with Gasteiger partial charge < -0.3 is 24.8 Å². The summed E-state index contributed by atoms with van der Waals surface area (Å²) >= 11 is 0. The number of hydrogen-bond acceptors (Lipinski definition) is 6. The molecule has 124 valence electrons. The van der Waals surface area contributed by atoms with Crippen molar-refractivity contribution in [2.45, 2.75) is 38.5 Å². The molecule has 1 aliphatic heterocycles. The van der Waals surface area contributed by atoms with Gasteiger partial charge in [0, 0.05) is 13.1 Å². The quantitative estimate of drug-likeness (QED) is 0.748. The van der Waals surface area contributed by atoms with E-state index in [1.54, 1.807) is 19.2 Å². The molecular formula is C14H17FN4O4. The zero-order chi connectivity index (χ0) is 16.7. The summed E-state index contributed by atoms with van der Waals surface area (Å²) in [6, 6.07) is 1.63. The second-order valence-corrected chi connectivity index (χ2v) is 5.44. The summed E-state index contributed by atoms with van der Waals surface area (Å²) in [6.45, 7) is 2.53. The lowest BCUT2D eigenvalue weighted by Gasteiger charge is -2.16. The number of carbonyl (C=O) groups is 1. The SMILES string of the molecule is CC(=O)Nc1nc(C)nc2c1ccn2C1OC(CO)C(O)C1F. The van der Waals surface area contributed by atoms with Crippen LogP contribution in [0, 0.1) is 6.92 Å². The Labute approximate surface area is 130 Å². The van der Waals surface area contributed by atoms with Crippen LogP contribution >= 0.6 is 0 Å². The molecule has 0 bridgehead atoms. The molecule has 3 rings (SSSR count). The number of amides is 1. The molecule has 4 atom stereocenters. The van der Waals surface area contributed by atoms with Gasteiger partial charge in [0.15, 0.2) is 12.4 Å². The normalized spacial score (nSPS) is 27.5. The third-order valence-electron chi connectivity index (χ3n) is 3.73. The first-order valence-electron chi connectivity index (χ1n) is 7.13. The molecule has 23 heavy (non-hydrogen) atoms. The van der Waals surface area contributed by atoms with Gasteiger partial charge in [-0.2, -0.15) is 0 Å². The van der Waals surface area contributed by atoms with Gasteiger partial charge in [-0.1, -0.05) is 0 Å². The fraction of sp³-hybridized carbons (Fsp3) is 0.500. The molecule has 3 heterocycles. The topological polar surface area (TPSA) is 110 Å². The van der Waals surface area contributed by atoms with E-state index in [0.29, 0.717) is 22.7 Å². The van der Waals surface area contributed by atoms with E-state index in [1.807, 2.05) is 0 Å². The van der Waals surface area contributed by atoms with Crippen LogP contribution in [-0.4, -0.2) is 55.6 Å². The molecule has 3 N–H and O–H groups in total. The molecule has 0 aliphatic carbocycles. The van der Waals surface area contributed by atoms with Crippen LogP contribution in [0.3, 0.4) is 0 Å². The van der Waals surface area contributed by atoms with E-state index in [0.717, 1.165) is 0 Å². The van der Waals surface area contributed by atoms with E-state index in [4.69, 9.17) is 9.84 Å². The maximum Gasteiger partial charge on any atom is 0.222 e. The van der Waals surface area contributed by atoms with E-state index >= 15 is 0 Å². The summed E-state index contributed by atoms with van der Waals surface area (Å²) in [4.78, 5) is 19.7. The van der Waals surface area contributed by atoms with Gasteiger partial charge in [-0.15, -0.1) is 0 Å². The van der Waals surface area contributed by atoms with Crippen LogP contribution < -0.4 is 5.32 Å². The number of anilines is 1. The molecule has 0 aromatic carbocycles. The zero-order valence-corrected chi connectivity index (χ0v) is 12.6. The standard InChI is InChI=1S/C14H17FN4O4/c1-6-16-12(18-7(2)21)8-3-4-19(13(8)17-6)14-10(15)11(22)9(5-20)23-14/h3-4,9-11,14,20,22H,5H2,1-2H3,(H,16,17,18,21). The Morgan fingerprint density at radius 2 is 2.26 bits per heavy atom. The van der Waals surface area contributed by atoms with Crippen LogP contribution in [0.25, 0.3) is 11.0 Å². The fourth-order valence-corrected chi connectivity index (χ4v) is 2.69. The maximum atomic E-state index is 14.3. The van der Waals surface area contributed by atoms with Gasteiger partial charge in [0.25, 0.3) is 0 Å². The first-order valence-corrected chi connectivity index (χ1v) is 7.13. The van der Waals surface area contributed by atoms with E-state index in [1.165, 1.54) is 11.5 Å². The van der Waals surface area contributed by atoms with E-state index in [9.17, 15) is 14.3 Å². The number of aromatic nitrogens is 3. The lowest BCUT2D eigenvalue weighted by Crippen LogP contribution is -2.30. The van der Waals surface area contributed by atoms with E-state index < -0.39 is 31.2 Å². The van der Waals surface area contributed by atoms with Gasteiger partial charge in [0.05, 0.1) is 12.0 Å². The predicted octanol–water partition coefficient (Wildman–Crippen LogP) is 0.287. The van der Waals surface area contributed by atoms with E-state index in [2.05, 4.69) is 15.3 Å². The minimum atomic E-state index is -1.71. The summed E-state index contributed by atoms with van der Waals surface area (Å²) in [5.74, 6) is 0.439. The number of aryl methyl sites for hydroxylation is 1. The van der Waals surface area contributed by atoms with Crippen molar-refractivity contribution in [1.29, 1.82) is 0 Å². The molecule has 9 heteroatoms. The minimum Gasteiger partial charge on any atom is -0.394 e. The number of aliphatic hydroxyl groups is 2. The first kappa shape index (κ1) is 15.8. The minimum absolute atomic E-state index is 0.284. The second-order valence-electron chi connectivity index (χ2n) is 5.44. The van der Waals surface area contributed by atoms with Gasteiger partial charge in [-0.3, -0.25) is 4.79 Å². The number of nitrogens with zero attached hydrogens (tertiary/aromatic N) is 3. The summed E-state index contributed by atoms with van der Waals surface area (Å²) in [6.07, 6.45) is -3.68. The Bertz CT molecular complexity index is 750. The van der Waals surface area contributed by atoms with Crippen LogP contribution in [-0.2, 0) is 9.53 Å². The number of carbonyl (C=O) groups excluding carboxylic acids is 1. The van der Waals surface area contributed by atoms with Gasteiger partial charge in [0.2, 0.25) is 5.91 Å². The Balaban J connectivity index is 2.06. The maximum absolute atomic E-state index is 14.3. The monoisotopic (exact) mass is 324 g/mol. The second kappa shape index (κ2) is 5.84.